The zero-order valence-electron chi connectivity index (χ0n) is 10.8. The maximum absolute atomic E-state index is 11.9. The highest BCUT2D eigenvalue weighted by Gasteiger charge is 2.30. The van der Waals surface area contributed by atoms with Crippen LogP contribution in [0.15, 0.2) is 0 Å². The minimum Gasteiger partial charge on any atom is -0.392 e. The standard InChI is InChI=1S/C11H21N3O4/c1-14(7-10(16)12-3-4-18-2)11(17)9-5-8(15)6-13-9/h8-9,13,15H,3-7H2,1-2H3,(H,12,16). The van der Waals surface area contributed by atoms with Crippen LogP contribution in [0, 0.1) is 0 Å². The van der Waals surface area contributed by atoms with Gasteiger partial charge in [0.15, 0.2) is 0 Å². The summed E-state index contributed by atoms with van der Waals surface area (Å²) in [5.74, 6) is -0.394. The van der Waals surface area contributed by atoms with Gasteiger partial charge in [0.2, 0.25) is 11.8 Å². The Morgan fingerprint density at radius 3 is 2.83 bits per heavy atom. The highest BCUT2D eigenvalue weighted by atomic mass is 16.5. The molecule has 1 saturated heterocycles. The highest BCUT2D eigenvalue weighted by Crippen LogP contribution is 2.08. The third kappa shape index (κ3) is 4.59. The van der Waals surface area contributed by atoms with Crippen molar-refractivity contribution < 1.29 is 19.4 Å². The fourth-order valence-corrected chi connectivity index (χ4v) is 1.81. The Morgan fingerprint density at radius 1 is 1.56 bits per heavy atom. The van der Waals surface area contributed by atoms with Crippen molar-refractivity contribution in [3.63, 3.8) is 0 Å². The van der Waals surface area contributed by atoms with Gasteiger partial charge in [-0.05, 0) is 6.42 Å². The molecule has 1 fully saturated rings. The first-order chi connectivity index (χ1) is 8.54. The molecule has 0 aliphatic carbocycles. The Bertz CT molecular complexity index is 298. The molecule has 2 amide bonds. The molecule has 0 aromatic rings. The number of carbonyl (C=O) groups is 2. The molecule has 0 saturated carbocycles. The van der Waals surface area contributed by atoms with Crippen LogP contribution >= 0.6 is 0 Å². The van der Waals surface area contributed by atoms with Gasteiger partial charge in [0, 0.05) is 27.2 Å². The van der Waals surface area contributed by atoms with Crippen LogP contribution in [-0.4, -0.2) is 74.4 Å². The highest BCUT2D eigenvalue weighted by molar-refractivity contribution is 5.87. The number of aliphatic hydroxyl groups is 1. The van der Waals surface area contributed by atoms with E-state index in [4.69, 9.17) is 4.74 Å². The van der Waals surface area contributed by atoms with Crippen molar-refractivity contribution in [3.8, 4) is 0 Å². The second-order valence-corrected chi connectivity index (χ2v) is 4.39. The van der Waals surface area contributed by atoms with Gasteiger partial charge in [0.25, 0.3) is 0 Å². The molecule has 0 spiro atoms. The number of hydrogen-bond donors (Lipinski definition) is 3. The number of aliphatic hydroxyl groups excluding tert-OH is 1. The zero-order valence-corrected chi connectivity index (χ0v) is 10.8. The zero-order chi connectivity index (χ0) is 13.5. The molecule has 1 aliphatic heterocycles. The molecule has 0 aromatic heterocycles. The molecule has 3 N–H and O–H groups in total. The number of likely N-dealkylation sites (N-methyl/N-ethyl adjacent to an activating group) is 1. The Labute approximate surface area is 106 Å². The molecule has 2 unspecified atom stereocenters. The molecule has 7 heteroatoms. The molecule has 0 aromatic carbocycles. The van der Waals surface area contributed by atoms with E-state index in [1.165, 1.54) is 4.90 Å². The Morgan fingerprint density at radius 2 is 2.28 bits per heavy atom. The van der Waals surface area contributed by atoms with E-state index in [2.05, 4.69) is 10.6 Å². The van der Waals surface area contributed by atoms with Crippen LogP contribution in [0.5, 0.6) is 0 Å². The van der Waals surface area contributed by atoms with Crippen LogP contribution in [0.1, 0.15) is 6.42 Å². The first kappa shape index (κ1) is 14.9. The van der Waals surface area contributed by atoms with Gasteiger partial charge in [0.05, 0.1) is 25.3 Å². The molecule has 1 rings (SSSR count). The molecule has 0 bridgehead atoms. The van der Waals surface area contributed by atoms with Gasteiger partial charge in [-0.3, -0.25) is 9.59 Å². The number of nitrogens with one attached hydrogen (secondary N) is 2. The third-order valence-electron chi connectivity index (χ3n) is 2.79. The lowest BCUT2D eigenvalue weighted by Crippen LogP contribution is -2.46. The molecule has 104 valence electrons. The normalized spacial score (nSPS) is 22.8. The molecule has 0 radical (unpaired) electrons. The fraction of sp³-hybridized carbons (Fsp3) is 0.818. The van der Waals surface area contributed by atoms with Crippen LogP contribution in [0.4, 0.5) is 0 Å². The second kappa shape index (κ2) is 7.30. The van der Waals surface area contributed by atoms with Crippen molar-refractivity contribution in [1.82, 2.24) is 15.5 Å². The minimum absolute atomic E-state index is 0.0107. The van der Waals surface area contributed by atoms with E-state index >= 15 is 0 Å². The van der Waals surface area contributed by atoms with Crippen LogP contribution < -0.4 is 10.6 Å². The van der Waals surface area contributed by atoms with E-state index in [1.807, 2.05) is 0 Å². The Balaban J connectivity index is 2.28. The largest absolute Gasteiger partial charge is 0.392 e. The number of methoxy groups -OCH3 is 1. The number of rotatable bonds is 6. The summed E-state index contributed by atoms with van der Waals surface area (Å²) in [6.07, 6.45) is -0.0862. The van der Waals surface area contributed by atoms with Crippen molar-refractivity contribution in [2.45, 2.75) is 18.6 Å². The van der Waals surface area contributed by atoms with Crippen molar-refractivity contribution >= 4 is 11.8 Å². The van der Waals surface area contributed by atoms with E-state index in [-0.39, 0.29) is 18.4 Å². The van der Waals surface area contributed by atoms with Crippen molar-refractivity contribution in [1.29, 1.82) is 0 Å². The predicted octanol–water partition coefficient (Wildman–Crippen LogP) is -2.07. The van der Waals surface area contributed by atoms with Gasteiger partial charge in [-0.1, -0.05) is 0 Å². The lowest BCUT2D eigenvalue weighted by molar-refractivity contribution is -0.136. The van der Waals surface area contributed by atoms with E-state index in [9.17, 15) is 14.7 Å². The average Bonchev–Trinajstić information content (AvgIpc) is 2.75. The maximum atomic E-state index is 11.9. The molecule has 7 nitrogen and oxygen atoms in total. The van der Waals surface area contributed by atoms with Gasteiger partial charge in [0.1, 0.15) is 0 Å². The van der Waals surface area contributed by atoms with Crippen LogP contribution in [0.25, 0.3) is 0 Å². The summed E-state index contributed by atoms with van der Waals surface area (Å²) >= 11 is 0. The molecular weight excluding hydrogens is 238 g/mol. The number of hydrogen-bond acceptors (Lipinski definition) is 5. The summed E-state index contributed by atoms with van der Waals surface area (Å²) in [6, 6.07) is -0.392. The monoisotopic (exact) mass is 259 g/mol. The van der Waals surface area contributed by atoms with Crippen molar-refractivity contribution in [3.05, 3.63) is 0 Å². The van der Waals surface area contributed by atoms with Gasteiger partial charge in [-0.2, -0.15) is 0 Å². The van der Waals surface area contributed by atoms with E-state index < -0.39 is 12.1 Å². The lowest BCUT2D eigenvalue weighted by atomic mass is 10.2. The number of β-amino-alcohol motifs (C(OH)–C–C–N with tert-alkyl or cyclic N) is 1. The summed E-state index contributed by atoms with van der Waals surface area (Å²) in [5, 5.41) is 14.9. The molecular formula is C11H21N3O4. The number of nitrogens with zero attached hydrogens (tertiary/aromatic N) is 1. The number of amides is 2. The third-order valence-corrected chi connectivity index (χ3v) is 2.79. The second-order valence-electron chi connectivity index (χ2n) is 4.39. The van der Waals surface area contributed by atoms with E-state index in [0.29, 0.717) is 26.1 Å². The van der Waals surface area contributed by atoms with E-state index in [1.54, 1.807) is 14.2 Å². The van der Waals surface area contributed by atoms with Crippen LogP contribution in [0.3, 0.4) is 0 Å². The summed E-state index contributed by atoms with van der Waals surface area (Å²) < 4.78 is 4.80. The number of ether oxygens (including phenoxy) is 1. The topological polar surface area (TPSA) is 90.9 Å². The Kier molecular flexibility index (Phi) is 6.03. The quantitative estimate of drug-likeness (QED) is 0.477. The molecule has 1 aliphatic rings. The summed E-state index contributed by atoms with van der Waals surface area (Å²) in [5.41, 5.74) is 0. The summed E-state index contributed by atoms with van der Waals surface area (Å²) in [6.45, 7) is 1.30. The van der Waals surface area contributed by atoms with Gasteiger partial charge in [-0.15, -0.1) is 0 Å². The maximum Gasteiger partial charge on any atom is 0.240 e. The first-order valence-corrected chi connectivity index (χ1v) is 5.96. The fourth-order valence-electron chi connectivity index (χ4n) is 1.81. The SMILES string of the molecule is COCCNC(=O)CN(C)C(=O)C1CC(O)CN1. The van der Waals surface area contributed by atoms with Crippen molar-refractivity contribution in [2.75, 3.05) is 40.4 Å². The minimum atomic E-state index is -0.483. The molecule has 18 heavy (non-hydrogen) atoms. The van der Waals surface area contributed by atoms with Gasteiger partial charge >= 0.3 is 0 Å². The first-order valence-electron chi connectivity index (χ1n) is 5.96. The van der Waals surface area contributed by atoms with Gasteiger partial charge in [-0.25, -0.2) is 0 Å². The smallest absolute Gasteiger partial charge is 0.240 e. The van der Waals surface area contributed by atoms with E-state index in [0.717, 1.165) is 0 Å². The average molecular weight is 259 g/mol. The van der Waals surface area contributed by atoms with Crippen LogP contribution in [0.2, 0.25) is 0 Å². The Hall–Kier alpha value is -1.18. The predicted molar refractivity (Wildman–Crippen MR) is 64.9 cm³/mol. The van der Waals surface area contributed by atoms with Gasteiger partial charge < -0.3 is 25.4 Å². The van der Waals surface area contributed by atoms with Crippen LogP contribution in [-0.2, 0) is 14.3 Å². The summed E-state index contributed by atoms with van der Waals surface area (Å²) in [7, 11) is 3.13. The molecule has 2 atom stereocenters. The summed E-state index contributed by atoms with van der Waals surface area (Å²) in [4.78, 5) is 24.7. The molecule has 1 heterocycles. The number of carbonyl (C=O) groups excluding carboxylic acids is 2. The van der Waals surface area contributed by atoms with Crippen molar-refractivity contribution in [2.24, 2.45) is 0 Å². The lowest BCUT2D eigenvalue weighted by Gasteiger charge is -2.20.